The summed E-state index contributed by atoms with van der Waals surface area (Å²) in [6, 6.07) is 2.02. The van der Waals surface area contributed by atoms with Crippen LogP contribution < -0.4 is 5.32 Å². The van der Waals surface area contributed by atoms with Crippen molar-refractivity contribution < 1.29 is 18.3 Å². The molecule has 1 aromatic carbocycles. The molecular weight excluding hydrogens is 308 g/mol. The smallest absolute Gasteiger partial charge is 0.224 e. The average molecular weight is 329 g/mol. The molecule has 1 rings (SSSR count). The van der Waals surface area contributed by atoms with Gasteiger partial charge in [-0.15, -0.1) is 0 Å². The van der Waals surface area contributed by atoms with Crippen LogP contribution >= 0.6 is 12.2 Å². The third-order valence-electron chi connectivity index (χ3n) is 3.13. The van der Waals surface area contributed by atoms with Crippen LogP contribution in [0.3, 0.4) is 0 Å². The van der Waals surface area contributed by atoms with Crippen LogP contribution in [0.1, 0.15) is 45.6 Å². The lowest BCUT2D eigenvalue weighted by Gasteiger charge is -2.14. The van der Waals surface area contributed by atoms with Crippen LogP contribution in [0, 0.1) is 11.6 Å². The molecule has 0 heterocycles. The van der Waals surface area contributed by atoms with Gasteiger partial charge in [0.05, 0.1) is 11.8 Å². The summed E-state index contributed by atoms with van der Waals surface area (Å²) >= 11 is 5.07. The Morgan fingerprint density at radius 2 is 2.00 bits per heavy atom. The molecule has 1 atom stereocenters. The van der Waals surface area contributed by atoms with Gasteiger partial charge < -0.3 is 10.1 Å². The van der Waals surface area contributed by atoms with Crippen LogP contribution in [0.5, 0.6) is 0 Å². The van der Waals surface area contributed by atoms with Crippen molar-refractivity contribution in [3.05, 3.63) is 29.3 Å². The van der Waals surface area contributed by atoms with Crippen LogP contribution in [0.25, 0.3) is 0 Å². The van der Waals surface area contributed by atoms with Gasteiger partial charge in [-0.2, -0.15) is 0 Å². The number of rotatable bonds is 7. The molecule has 0 aliphatic rings. The number of hydrogen-bond donors (Lipinski definition) is 1. The first kappa shape index (κ1) is 18.5. The minimum atomic E-state index is -0.806. The number of thiocarbonyl (C=S) groups is 1. The zero-order valence-corrected chi connectivity index (χ0v) is 13.9. The van der Waals surface area contributed by atoms with Crippen LogP contribution in [0.4, 0.5) is 14.5 Å². The number of hydrogen-bond acceptors (Lipinski definition) is 3. The Balaban J connectivity index is 2.87. The van der Waals surface area contributed by atoms with Gasteiger partial charge in [-0.1, -0.05) is 13.8 Å². The molecule has 1 amide bonds. The normalized spacial score (nSPS) is 11.9. The van der Waals surface area contributed by atoms with Crippen molar-refractivity contribution in [3.63, 3.8) is 0 Å². The Morgan fingerprint density at radius 3 is 2.59 bits per heavy atom. The van der Waals surface area contributed by atoms with E-state index in [9.17, 15) is 13.6 Å². The summed E-state index contributed by atoms with van der Waals surface area (Å²) in [5, 5.41) is 2.68. The molecule has 1 unspecified atom stereocenters. The van der Waals surface area contributed by atoms with E-state index in [1.807, 2.05) is 20.8 Å². The van der Waals surface area contributed by atoms with E-state index in [2.05, 4.69) is 5.32 Å². The lowest BCUT2D eigenvalue weighted by molar-refractivity contribution is -0.116. The van der Waals surface area contributed by atoms with Gasteiger partial charge >= 0.3 is 0 Å². The van der Waals surface area contributed by atoms with Gasteiger partial charge in [0.25, 0.3) is 0 Å². The molecule has 0 aromatic heterocycles. The highest BCUT2D eigenvalue weighted by molar-refractivity contribution is 7.80. The SMILES string of the molecule is CCCC(=O)Nc1cc(CC(=S)OC(C)CC)c(F)cc1F. The molecule has 3 nitrogen and oxygen atoms in total. The summed E-state index contributed by atoms with van der Waals surface area (Å²) in [5.74, 6) is -1.82. The summed E-state index contributed by atoms with van der Waals surface area (Å²) < 4.78 is 33.0. The van der Waals surface area contributed by atoms with Crippen molar-refractivity contribution in [2.24, 2.45) is 0 Å². The minimum absolute atomic E-state index is 0.0406. The molecule has 0 saturated heterocycles. The van der Waals surface area contributed by atoms with Crippen molar-refractivity contribution in [2.45, 2.75) is 52.6 Å². The summed E-state index contributed by atoms with van der Waals surface area (Å²) in [5.41, 5.74) is 0.155. The fourth-order valence-electron chi connectivity index (χ4n) is 1.77. The maximum Gasteiger partial charge on any atom is 0.224 e. The number of benzene rings is 1. The van der Waals surface area contributed by atoms with Crippen LogP contribution in [0.2, 0.25) is 0 Å². The topological polar surface area (TPSA) is 38.3 Å². The molecule has 0 aliphatic carbocycles. The van der Waals surface area contributed by atoms with E-state index in [0.29, 0.717) is 6.42 Å². The molecular formula is C16H21F2NO2S. The Labute approximate surface area is 135 Å². The second-order valence-electron chi connectivity index (χ2n) is 5.11. The number of carbonyl (C=O) groups excluding carboxylic acids is 1. The molecule has 0 bridgehead atoms. The standard InChI is InChI=1S/C16H21F2NO2S/c1-4-6-15(20)19-14-7-11(12(17)9-13(14)18)8-16(22)21-10(3)5-2/h7,9-10H,4-6,8H2,1-3H3,(H,19,20). The fraction of sp³-hybridized carbons (Fsp3) is 0.500. The van der Waals surface area contributed by atoms with E-state index in [4.69, 9.17) is 17.0 Å². The van der Waals surface area contributed by atoms with Gasteiger partial charge in [0, 0.05) is 18.9 Å². The highest BCUT2D eigenvalue weighted by Gasteiger charge is 2.14. The zero-order valence-electron chi connectivity index (χ0n) is 13.0. The van der Waals surface area contributed by atoms with Gasteiger partial charge in [0.1, 0.15) is 11.6 Å². The van der Waals surface area contributed by atoms with E-state index in [1.54, 1.807) is 0 Å². The highest BCUT2D eigenvalue weighted by atomic mass is 32.1. The number of ether oxygens (including phenoxy) is 1. The molecule has 0 fully saturated rings. The molecule has 0 spiro atoms. The number of halogens is 2. The van der Waals surface area contributed by atoms with E-state index in [1.165, 1.54) is 6.07 Å². The summed E-state index contributed by atoms with van der Waals surface area (Å²) in [6.45, 7) is 5.66. The third-order valence-corrected chi connectivity index (χ3v) is 3.37. The third kappa shape index (κ3) is 5.67. The minimum Gasteiger partial charge on any atom is -0.484 e. The first-order valence-electron chi connectivity index (χ1n) is 7.34. The van der Waals surface area contributed by atoms with E-state index >= 15 is 0 Å². The lowest BCUT2D eigenvalue weighted by Crippen LogP contribution is -2.16. The van der Waals surface area contributed by atoms with Crippen molar-refractivity contribution in [2.75, 3.05) is 5.32 Å². The first-order valence-corrected chi connectivity index (χ1v) is 7.75. The zero-order chi connectivity index (χ0) is 16.7. The predicted molar refractivity (Wildman–Crippen MR) is 87.0 cm³/mol. The second kappa shape index (κ2) is 8.78. The van der Waals surface area contributed by atoms with E-state index in [0.717, 1.165) is 12.5 Å². The van der Waals surface area contributed by atoms with Crippen molar-refractivity contribution >= 4 is 28.9 Å². The second-order valence-corrected chi connectivity index (χ2v) is 5.56. The van der Waals surface area contributed by atoms with E-state index < -0.39 is 11.6 Å². The number of carbonyl (C=O) groups is 1. The maximum absolute atomic E-state index is 13.8. The van der Waals surface area contributed by atoms with Gasteiger partial charge in [-0.3, -0.25) is 4.79 Å². The summed E-state index contributed by atoms with van der Waals surface area (Å²) in [4.78, 5) is 11.5. The van der Waals surface area contributed by atoms with Gasteiger partial charge in [0.15, 0.2) is 5.05 Å². The van der Waals surface area contributed by atoms with Gasteiger partial charge in [0.2, 0.25) is 5.91 Å². The largest absolute Gasteiger partial charge is 0.484 e. The molecule has 22 heavy (non-hydrogen) atoms. The number of nitrogens with one attached hydrogen (secondary N) is 1. The predicted octanol–water partition coefficient (Wildman–Crippen LogP) is 4.39. The summed E-state index contributed by atoms with van der Waals surface area (Å²) in [7, 11) is 0. The molecule has 0 saturated carbocycles. The Morgan fingerprint density at radius 1 is 1.32 bits per heavy atom. The van der Waals surface area contributed by atoms with Crippen LogP contribution in [-0.2, 0) is 16.0 Å². The van der Waals surface area contributed by atoms with Crippen LogP contribution in [0.15, 0.2) is 12.1 Å². The van der Waals surface area contributed by atoms with Crippen molar-refractivity contribution in [3.8, 4) is 0 Å². The molecule has 6 heteroatoms. The van der Waals surface area contributed by atoms with Crippen molar-refractivity contribution in [1.29, 1.82) is 0 Å². The summed E-state index contributed by atoms with van der Waals surface area (Å²) in [6.07, 6.45) is 1.71. The van der Waals surface area contributed by atoms with Crippen molar-refractivity contribution in [1.82, 2.24) is 0 Å². The lowest BCUT2D eigenvalue weighted by atomic mass is 10.1. The number of amides is 1. The molecule has 0 aliphatic heterocycles. The fourth-order valence-corrected chi connectivity index (χ4v) is 2.09. The molecule has 122 valence electrons. The maximum atomic E-state index is 13.8. The molecule has 0 radical (unpaired) electrons. The Hall–Kier alpha value is -1.56. The Kier molecular flexibility index (Phi) is 7.38. The Bertz CT molecular complexity index is 549. The quantitative estimate of drug-likeness (QED) is 0.754. The molecule has 1 aromatic rings. The average Bonchev–Trinajstić information content (AvgIpc) is 2.44. The molecule has 1 N–H and O–H groups in total. The van der Waals surface area contributed by atoms with Gasteiger partial charge in [-0.25, -0.2) is 8.78 Å². The number of anilines is 1. The highest BCUT2D eigenvalue weighted by Crippen LogP contribution is 2.21. The first-order chi connectivity index (χ1) is 10.4. The van der Waals surface area contributed by atoms with Crippen LogP contribution in [-0.4, -0.2) is 17.1 Å². The van der Waals surface area contributed by atoms with E-state index in [-0.39, 0.29) is 41.2 Å². The monoisotopic (exact) mass is 329 g/mol. The van der Waals surface area contributed by atoms with Gasteiger partial charge in [-0.05, 0) is 43.6 Å².